The Labute approximate surface area is 130 Å². The van der Waals surface area contributed by atoms with E-state index in [9.17, 15) is 0 Å². The Bertz CT molecular complexity index is 446. The number of nitrogens with two attached hydrogens (primary N) is 1. The maximum Gasteiger partial charge on any atom is 0.0497 e. The molecule has 2 N–H and O–H groups in total. The third-order valence-electron chi connectivity index (χ3n) is 4.72. The SMILES string of the molecule is CC(N)C(c1ccc(Br)cc1)N1CCN2CCCC2C1. The largest absolute Gasteiger partial charge is 0.326 e. The molecule has 3 nitrogen and oxygen atoms in total. The van der Waals surface area contributed by atoms with Crippen molar-refractivity contribution in [1.29, 1.82) is 0 Å². The Morgan fingerprint density at radius 2 is 1.95 bits per heavy atom. The van der Waals surface area contributed by atoms with Crippen molar-refractivity contribution in [3.63, 3.8) is 0 Å². The predicted molar refractivity (Wildman–Crippen MR) is 86.7 cm³/mol. The number of benzene rings is 1. The van der Waals surface area contributed by atoms with Crippen LogP contribution >= 0.6 is 15.9 Å². The van der Waals surface area contributed by atoms with Crippen molar-refractivity contribution in [2.75, 3.05) is 26.2 Å². The molecule has 2 aliphatic heterocycles. The van der Waals surface area contributed by atoms with E-state index in [1.165, 1.54) is 38.0 Å². The molecule has 110 valence electrons. The van der Waals surface area contributed by atoms with Crippen molar-refractivity contribution in [1.82, 2.24) is 9.80 Å². The van der Waals surface area contributed by atoms with Crippen LogP contribution in [0, 0.1) is 0 Å². The van der Waals surface area contributed by atoms with Gasteiger partial charge in [0.15, 0.2) is 0 Å². The minimum absolute atomic E-state index is 0.157. The summed E-state index contributed by atoms with van der Waals surface area (Å²) in [7, 11) is 0. The van der Waals surface area contributed by atoms with E-state index in [2.05, 4.69) is 56.9 Å². The summed E-state index contributed by atoms with van der Waals surface area (Å²) in [6.07, 6.45) is 2.71. The van der Waals surface area contributed by atoms with Crippen molar-refractivity contribution in [3.8, 4) is 0 Å². The van der Waals surface area contributed by atoms with Crippen LogP contribution in [-0.4, -0.2) is 48.1 Å². The zero-order valence-corrected chi connectivity index (χ0v) is 13.7. The molecule has 3 unspecified atom stereocenters. The summed E-state index contributed by atoms with van der Waals surface area (Å²) in [6, 6.07) is 9.90. The highest BCUT2D eigenvalue weighted by Gasteiger charge is 2.34. The fourth-order valence-electron chi connectivity index (χ4n) is 3.77. The molecule has 0 bridgehead atoms. The molecule has 0 saturated carbocycles. The highest BCUT2D eigenvalue weighted by molar-refractivity contribution is 9.10. The Kier molecular flexibility index (Phi) is 4.46. The summed E-state index contributed by atoms with van der Waals surface area (Å²) >= 11 is 3.51. The van der Waals surface area contributed by atoms with Crippen molar-refractivity contribution >= 4 is 15.9 Å². The van der Waals surface area contributed by atoms with Crippen molar-refractivity contribution < 1.29 is 0 Å². The molecule has 0 spiro atoms. The summed E-state index contributed by atoms with van der Waals surface area (Å²) < 4.78 is 1.13. The van der Waals surface area contributed by atoms with E-state index in [0.29, 0.717) is 6.04 Å². The van der Waals surface area contributed by atoms with Crippen molar-refractivity contribution in [2.45, 2.75) is 37.9 Å². The number of nitrogens with zero attached hydrogens (tertiary/aromatic N) is 2. The van der Waals surface area contributed by atoms with Crippen LogP contribution in [-0.2, 0) is 0 Å². The van der Waals surface area contributed by atoms with E-state index >= 15 is 0 Å². The molecule has 3 rings (SSSR count). The molecule has 2 heterocycles. The number of hydrogen-bond donors (Lipinski definition) is 1. The molecule has 2 aliphatic rings. The lowest BCUT2D eigenvalue weighted by Crippen LogP contribution is -2.53. The average Bonchev–Trinajstić information content (AvgIpc) is 2.88. The fourth-order valence-corrected chi connectivity index (χ4v) is 4.04. The molecule has 0 radical (unpaired) electrons. The monoisotopic (exact) mass is 337 g/mol. The Balaban J connectivity index is 1.78. The predicted octanol–water partition coefficient (Wildman–Crippen LogP) is 2.62. The summed E-state index contributed by atoms with van der Waals surface area (Å²) in [6.45, 7) is 6.93. The molecule has 2 saturated heterocycles. The van der Waals surface area contributed by atoms with E-state index < -0.39 is 0 Å². The number of fused-ring (bicyclic) bond motifs is 1. The quantitative estimate of drug-likeness (QED) is 0.920. The van der Waals surface area contributed by atoms with Crippen LogP contribution in [0.1, 0.15) is 31.4 Å². The van der Waals surface area contributed by atoms with E-state index in [4.69, 9.17) is 5.73 Å². The topological polar surface area (TPSA) is 32.5 Å². The van der Waals surface area contributed by atoms with Crippen molar-refractivity contribution in [3.05, 3.63) is 34.3 Å². The molecule has 0 amide bonds. The lowest BCUT2D eigenvalue weighted by atomic mass is 9.97. The Hall–Kier alpha value is -0.420. The first-order valence-electron chi connectivity index (χ1n) is 7.64. The maximum absolute atomic E-state index is 6.31. The van der Waals surface area contributed by atoms with Crippen LogP contribution in [0.3, 0.4) is 0 Å². The minimum Gasteiger partial charge on any atom is -0.326 e. The Morgan fingerprint density at radius 1 is 1.20 bits per heavy atom. The zero-order valence-electron chi connectivity index (χ0n) is 12.1. The average molecular weight is 338 g/mol. The molecule has 0 aromatic heterocycles. The van der Waals surface area contributed by atoms with E-state index in [-0.39, 0.29) is 6.04 Å². The smallest absolute Gasteiger partial charge is 0.0497 e. The van der Waals surface area contributed by atoms with Gasteiger partial charge in [-0.1, -0.05) is 28.1 Å². The maximum atomic E-state index is 6.31. The normalized spacial score (nSPS) is 27.2. The number of hydrogen-bond acceptors (Lipinski definition) is 3. The van der Waals surface area contributed by atoms with Gasteiger partial charge in [0.1, 0.15) is 0 Å². The van der Waals surface area contributed by atoms with Gasteiger partial charge in [0.25, 0.3) is 0 Å². The van der Waals surface area contributed by atoms with E-state index in [1.54, 1.807) is 0 Å². The minimum atomic E-state index is 0.157. The molecule has 1 aromatic carbocycles. The fraction of sp³-hybridized carbons (Fsp3) is 0.625. The molecule has 4 heteroatoms. The highest BCUT2D eigenvalue weighted by Crippen LogP contribution is 2.30. The third-order valence-corrected chi connectivity index (χ3v) is 5.25. The number of halogens is 1. The number of rotatable bonds is 3. The molecular formula is C16H24BrN3. The summed E-state index contributed by atoms with van der Waals surface area (Å²) in [5.74, 6) is 0. The highest BCUT2D eigenvalue weighted by atomic mass is 79.9. The second kappa shape index (κ2) is 6.14. The van der Waals surface area contributed by atoms with Crippen molar-refractivity contribution in [2.24, 2.45) is 5.73 Å². The first-order chi connectivity index (χ1) is 9.65. The van der Waals surface area contributed by atoms with E-state index in [1.807, 2.05) is 0 Å². The van der Waals surface area contributed by atoms with Gasteiger partial charge in [0, 0.05) is 42.2 Å². The van der Waals surface area contributed by atoms with Crippen LogP contribution in [0.25, 0.3) is 0 Å². The molecule has 20 heavy (non-hydrogen) atoms. The third kappa shape index (κ3) is 2.93. The molecule has 3 atom stereocenters. The van der Waals surface area contributed by atoms with Gasteiger partial charge in [-0.3, -0.25) is 9.80 Å². The van der Waals surface area contributed by atoms with Gasteiger partial charge < -0.3 is 5.73 Å². The van der Waals surface area contributed by atoms with Crippen LogP contribution in [0.4, 0.5) is 0 Å². The van der Waals surface area contributed by atoms with Crippen LogP contribution in [0.2, 0.25) is 0 Å². The first kappa shape index (κ1) is 14.5. The van der Waals surface area contributed by atoms with Crippen LogP contribution in [0.5, 0.6) is 0 Å². The van der Waals surface area contributed by atoms with Gasteiger partial charge in [-0.15, -0.1) is 0 Å². The van der Waals surface area contributed by atoms with Crippen LogP contribution < -0.4 is 5.73 Å². The number of piperazine rings is 1. The standard InChI is InChI=1S/C16H24BrN3/c1-12(18)16(13-4-6-14(17)7-5-13)20-10-9-19-8-2-3-15(19)11-20/h4-7,12,15-16H,2-3,8-11,18H2,1H3. The summed E-state index contributed by atoms with van der Waals surface area (Å²) in [5, 5.41) is 0. The second-order valence-corrected chi connectivity index (χ2v) is 7.10. The van der Waals surface area contributed by atoms with Gasteiger partial charge in [0.05, 0.1) is 0 Å². The van der Waals surface area contributed by atoms with Gasteiger partial charge in [-0.2, -0.15) is 0 Å². The molecule has 2 fully saturated rings. The van der Waals surface area contributed by atoms with Crippen LogP contribution in [0.15, 0.2) is 28.7 Å². The summed E-state index contributed by atoms with van der Waals surface area (Å²) in [4.78, 5) is 5.25. The summed E-state index contributed by atoms with van der Waals surface area (Å²) in [5.41, 5.74) is 7.65. The molecule has 1 aromatic rings. The lowest BCUT2D eigenvalue weighted by Gasteiger charge is -2.43. The van der Waals surface area contributed by atoms with Gasteiger partial charge >= 0.3 is 0 Å². The van der Waals surface area contributed by atoms with E-state index in [0.717, 1.165) is 17.1 Å². The zero-order chi connectivity index (χ0) is 14.1. The Morgan fingerprint density at radius 3 is 2.65 bits per heavy atom. The van der Waals surface area contributed by atoms with Gasteiger partial charge in [-0.05, 0) is 44.0 Å². The second-order valence-electron chi connectivity index (χ2n) is 6.18. The van der Waals surface area contributed by atoms with Gasteiger partial charge in [-0.25, -0.2) is 0 Å². The van der Waals surface area contributed by atoms with Gasteiger partial charge in [0.2, 0.25) is 0 Å². The first-order valence-corrected chi connectivity index (χ1v) is 8.43. The lowest BCUT2D eigenvalue weighted by molar-refractivity contribution is 0.0635. The molecular weight excluding hydrogens is 314 g/mol. The molecule has 0 aliphatic carbocycles.